The fourth-order valence-corrected chi connectivity index (χ4v) is 1.21. The molecule has 0 unspecified atom stereocenters. The van der Waals surface area contributed by atoms with Crippen molar-refractivity contribution in [2.45, 2.75) is 6.42 Å². The smallest absolute Gasteiger partial charge is 0.269 e. The average molecular weight is 212 g/mol. The second kappa shape index (κ2) is 6.08. The van der Waals surface area contributed by atoms with Crippen molar-refractivity contribution in [2.75, 3.05) is 19.8 Å². The van der Waals surface area contributed by atoms with Gasteiger partial charge in [-0.2, -0.15) is 0 Å². The van der Waals surface area contributed by atoms with Crippen molar-refractivity contribution in [2.24, 2.45) is 0 Å². The summed E-state index contributed by atoms with van der Waals surface area (Å²) < 4.78 is 11.7. The topological polar surface area (TPSA) is 55.2 Å². The SMILES string of the molecule is O=[N+]([O-])c1ccc(CCNCCF)cc1. The number of nitrogens with zero attached hydrogens (tertiary/aromatic N) is 1. The highest BCUT2D eigenvalue weighted by atomic mass is 19.1. The maximum Gasteiger partial charge on any atom is 0.269 e. The molecule has 0 bridgehead atoms. The Morgan fingerprint density at radius 2 is 1.93 bits per heavy atom. The van der Waals surface area contributed by atoms with E-state index in [1.54, 1.807) is 12.1 Å². The highest BCUT2D eigenvalue weighted by Crippen LogP contribution is 2.11. The molecule has 0 atom stereocenters. The van der Waals surface area contributed by atoms with Gasteiger partial charge in [-0.1, -0.05) is 12.1 Å². The van der Waals surface area contributed by atoms with Crippen molar-refractivity contribution in [3.8, 4) is 0 Å². The molecule has 5 heteroatoms. The van der Waals surface area contributed by atoms with Crippen LogP contribution in [0.15, 0.2) is 24.3 Å². The second-order valence-corrected chi connectivity index (χ2v) is 3.11. The third-order valence-electron chi connectivity index (χ3n) is 2.01. The number of non-ortho nitro benzene ring substituents is 1. The lowest BCUT2D eigenvalue weighted by atomic mass is 10.1. The molecule has 0 amide bonds. The second-order valence-electron chi connectivity index (χ2n) is 3.11. The van der Waals surface area contributed by atoms with Gasteiger partial charge < -0.3 is 5.32 Å². The predicted octanol–water partition coefficient (Wildman–Crippen LogP) is 1.70. The molecule has 0 aliphatic carbocycles. The van der Waals surface area contributed by atoms with E-state index in [0.717, 1.165) is 12.0 Å². The zero-order valence-corrected chi connectivity index (χ0v) is 8.28. The lowest BCUT2D eigenvalue weighted by Gasteiger charge is -2.02. The van der Waals surface area contributed by atoms with Crippen LogP contribution < -0.4 is 5.32 Å². The largest absolute Gasteiger partial charge is 0.314 e. The summed E-state index contributed by atoms with van der Waals surface area (Å²) in [5, 5.41) is 13.3. The average Bonchev–Trinajstić information content (AvgIpc) is 2.25. The van der Waals surface area contributed by atoms with Gasteiger partial charge in [-0.3, -0.25) is 10.1 Å². The van der Waals surface area contributed by atoms with Crippen LogP contribution in [0.1, 0.15) is 5.56 Å². The molecule has 0 heterocycles. The number of nitro groups is 1. The van der Waals surface area contributed by atoms with E-state index >= 15 is 0 Å². The molecule has 82 valence electrons. The highest BCUT2D eigenvalue weighted by molar-refractivity contribution is 5.32. The number of hydrogen-bond acceptors (Lipinski definition) is 3. The van der Waals surface area contributed by atoms with Crippen LogP contribution in [0.25, 0.3) is 0 Å². The van der Waals surface area contributed by atoms with Gasteiger partial charge in [-0.25, -0.2) is 4.39 Å². The standard InChI is InChI=1S/C10H13FN2O2/c11-6-8-12-7-5-9-1-3-10(4-2-9)13(14)15/h1-4,12H,5-8H2. The molecular formula is C10H13FN2O2. The van der Waals surface area contributed by atoms with Gasteiger partial charge in [0, 0.05) is 18.7 Å². The van der Waals surface area contributed by atoms with Gasteiger partial charge in [0.25, 0.3) is 5.69 Å². The van der Waals surface area contributed by atoms with E-state index in [9.17, 15) is 14.5 Å². The van der Waals surface area contributed by atoms with Crippen LogP contribution in [0.4, 0.5) is 10.1 Å². The summed E-state index contributed by atoms with van der Waals surface area (Å²) in [6.07, 6.45) is 0.748. The maximum atomic E-state index is 11.7. The van der Waals surface area contributed by atoms with E-state index in [1.807, 2.05) is 0 Å². The van der Waals surface area contributed by atoms with E-state index in [1.165, 1.54) is 12.1 Å². The molecule has 0 aromatic heterocycles. The molecule has 0 fully saturated rings. The summed E-state index contributed by atoms with van der Waals surface area (Å²) in [5.74, 6) is 0. The monoisotopic (exact) mass is 212 g/mol. The number of halogens is 1. The molecule has 0 saturated carbocycles. The summed E-state index contributed by atoms with van der Waals surface area (Å²) >= 11 is 0. The Labute approximate surface area is 87.3 Å². The molecule has 4 nitrogen and oxygen atoms in total. The Bertz CT molecular complexity index is 314. The molecule has 0 aliphatic rings. The Morgan fingerprint density at radius 3 is 2.47 bits per heavy atom. The molecule has 15 heavy (non-hydrogen) atoms. The van der Waals surface area contributed by atoms with Crippen molar-refractivity contribution in [1.29, 1.82) is 0 Å². The quantitative estimate of drug-likeness (QED) is 0.443. The maximum absolute atomic E-state index is 11.7. The number of benzene rings is 1. The number of alkyl halides is 1. The summed E-state index contributed by atoms with van der Waals surface area (Å²) in [5.41, 5.74) is 1.10. The fraction of sp³-hybridized carbons (Fsp3) is 0.400. The van der Waals surface area contributed by atoms with Crippen molar-refractivity contribution < 1.29 is 9.31 Å². The van der Waals surface area contributed by atoms with Gasteiger partial charge in [0.15, 0.2) is 0 Å². The minimum absolute atomic E-state index is 0.0930. The normalized spacial score (nSPS) is 10.2. The summed E-state index contributed by atoms with van der Waals surface area (Å²) in [4.78, 5) is 9.94. The van der Waals surface area contributed by atoms with E-state index in [-0.39, 0.29) is 12.4 Å². The lowest BCUT2D eigenvalue weighted by Crippen LogP contribution is -2.19. The predicted molar refractivity (Wildman–Crippen MR) is 55.6 cm³/mol. The molecule has 0 aliphatic heterocycles. The molecule has 1 aromatic carbocycles. The minimum Gasteiger partial charge on any atom is -0.314 e. The fourth-order valence-electron chi connectivity index (χ4n) is 1.21. The molecular weight excluding hydrogens is 199 g/mol. The molecule has 1 aromatic rings. The van der Waals surface area contributed by atoms with E-state index in [2.05, 4.69) is 5.32 Å². The molecule has 0 radical (unpaired) electrons. The van der Waals surface area contributed by atoms with Crippen LogP contribution in [0, 0.1) is 10.1 Å². The highest BCUT2D eigenvalue weighted by Gasteiger charge is 2.03. The third-order valence-corrected chi connectivity index (χ3v) is 2.01. The van der Waals surface area contributed by atoms with Crippen LogP contribution >= 0.6 is 0 Å². The van der Waals surface area contributed by atoms with Crippen LogP contribution in [0.3, 0.4) is 0 Å². The molecule has 1 N–H and O–H groups in total. The van der Waals surface area contributed by atoms with E-state index in [0.29, 0.717) is 13.1 Å². The third kappa shape index (κ3) is 4.03. The van der Waals surface area contributed by atoms with Crippen LogP contribution in [-0.4, -0.2) is 24.7 Å². The number of hydrogen-bond donors (Lipinski definition) is 1. The number of nitro benzene ring substituents is 1. The molecule has 0 saturated heterocycles. The molecule has 1 rings (SSSR count). The number of nitrogens with one attached hydrogen (secondary N) is 1. The van der Waals surface area contributed by atoms with E-state index < -0.39 is 4.92 Å². The van der Waals surface area contributed by atoms with Gasteiger partial charge in [0.2, 0.25) is 0 Å². The van der Waals surface area contributed by atoms with Gasteiger partial charge in [-0.15, -0.1) is 0 Å². The summed E-state index contributed by atoms with van der Waals surface area (Å²) in [6.45, 7) is 0.662. The first-order chi connectivity index (χ1) is 7.24. The number of rotatable bonds is 6. The first-order valence-electron chi connectivity index (χ1n) is 4.74. The Morgan fingerprint density at radius 1 is 1.27 bits per heavy atom. The summed E-state index contributed by atoms with van der Waals surface area (Å²) in [7, 11) is 0. The van der Waals surface area contributed by atoms with Crippen molar-refractivity contribution in [1.82, 2.24) is 5.32 Å². The van der Waals surface area contributed by atoms with Crippen LogP contribution in [0.2, 0.25) is 0 Å². The minimum atomic E-state index is -0.425. The Kier molecular flexibility index (Phi) is 4.70. The van der Waals surface area contributed by atoms with Crippen molar-refractivity contribution >= 4 is 5.69 Å². The van der Waals surface area contributed by atoms with Gasteiger partial charge >= 0.3 is 0 Å². The van der Waals surface area contributed by atoms with Crippen molar-refractivity contribution in [3.63, 3.8) is 0 Å². The first kappa shape index (κ1) is 11.6. The Hall–Kier alpha value is -1.49. The van der Waals surface area contributed by atoms with Crippen LogP contribution in [-0.2, 0) is 6.42 Å². The zero-order valence-electron chi connectivity index (χ0n) is 8.28. The van der Waals surface area contributed by atoms with Gasteiger partial charge in [-0.05, 0) is 18.5 Å². The lowest BCUT2D eigenvalue weighted by molar-refractivity contribution is -0.384. The van der Waals surface area contributed by atoms with Crippen molar-refractivity contribution in [3.05, 3.63) is 39.9 Å². The Balaban J connectivity index is 2.39. The van der Waals surface area contributed by atoms with Gasteiger partial charge in [0.1, 0.15) is 6.67 Å². The van der Waals surface area contributed by atoms with Gasteiger partial charge in [0.05, 0.1) is 4.92 Å². The van der Waals surface area contributed by atoms with E-state index in [4.69, 9.17) is 0 Å². The first-order valence-corrected chi connectivity index (χ1v) is 4.74. The summed E-state index contributed by atoms with van der Waals surface area (Å²) in [6, 6.07) is 6.39. The van der Waals surface area contributed by atoms with Crippen LogP contribution in [0.5, 0.6) is 0 Å². The molecule has 0 spiro atoms. The zero-order chi connectivity index (χ0) is 11.1.